The van der Waals surface area contributed by atoms with Gasteiger partial charge in [-0.2, -0.15) is 0 Å². The normalized spacial score (nSPS) is 11.6. The van der Waals surface area contributed by atoms with Crippen LogP contribution in [0.2, 0.25) is 0 Å². The molecular weight excluding hydrogens is 496 g/mol. The summed E-state index contributed by atoms with van der Waals surface area (Å²) in [4.78, 5) is 23.0. The number of carbonyl (C=O) groups is 2. The van der Waals surface area contributed by atoms with Gasteiger partial charge in [-0.15, -0.1) is 0 Å². The lowest BCUT2D eigenvalue weighted by molar-refractivity contribution is -0.144. The maximum absolute atomic E-state index is 11.5. The van der Waals surface area contributed by atoms with E-state index >= 15 is 0 Å². The van der Waals surface area contributed by atoms with Crippen LogP contribution in [0.25, 0.3) is 0 Å². The molecule has 0 aromatic carbocycles. The molecule has 4 nitrogen and oxygen atoms in total. The molecule has 40 heavy (non-hydrogen) atoms. The zero-order valence-corrected chi connectivity index (χ0v) is 28.6. The summed E-state index contributed by atoms with van der Waals surface area (Å²) < 4.78 is 10.5. The van der Waals surface area contributed by atoms with Gasteiger partial charge < -0.3 is 9.47 Å². The number of hydrogen-bond acceptors (Lipinski definition) is 4. The molecule has 240 valence electrons. The van der Waals surface area contributed by atoms with Gasteiger partial charge in [0.05, 0.1) is 13.2 Å². The third-order valence-electron chi connectivity index (χ3n) is 7.14. The van der Waals surface area contributed by atoms with Gasteiger partial charge in [0.15, 0.2) is 0 Å². The molecule has 0 aliphatic heterocycles. The van der Waals surface area contributed by atoms with E-state index in [1.54, 1.807) is 0 Å². The molecule has 0 radical (unpaired) electrons. The molecule has 0 atom stereocenters. The molecule has 0 bridgehead atoms. The van der Waals surface area contributed by atoms with Gasteiger partial charge >= 0.3 is 11.9 Å². The lowest BCUT2D eigenvalue weighted by Crippen LogP contribution is -2.06. The van der Waals surface area contributed by atoms with E-state index < -0.39 is 0 Å². The highest BCUT2D eigenvalue weighted by Crippen LogP contribution is 2.23. The predicted molar refractivity (Wildman–Crippen MR) is 174 cm³/mol. The first-order chi connectivity index (χ1) is 18.9. The summed E-state index contributed by atoms with van der Waals surface area (Å²) in [7, 11) is 0. The fourth-order valence-electron chi connectivity index (χ4n) is 4.48. The van der Waals surface area contributed by atoms with Crippen LogP contribution in [0, 0.1) is 10.8 Å². The Hall–Kier alpha value is -1.06. The van der Waals surface area contributed by atoms with Crippen molar-refractivity contribution in [3.8, 4) is 0 Å². The fourth-order valence-corrected chi connectivity index (χ4v) is 4.48. The number of rotatable bonds is 24. The molecule has 0 aliphatic carbocycles. The average Bonchev–Trinajstić information content (AvgIpc) is 2.86. The Labute approximate surface area is 251 Å². The summed E-state index contributed by atoms with van der Waals surface area (Å²) in [5.74, 6) is -0.0105. The predicted octanol–water partition coefficient (Wildman–Crippen LogP) is 11.8. The van der Waals surface area contributed by atoms with Crippen molar-refractivity contribution >= 4 is 11.9 Å². The molecule has 0 aliphatic rings. The Kier molecular flexibility index (Phi) is 28.8. The van der Waals surface area contributed by atoms with Crippen molar-refractivity contribution < 1.29 is 19.1 Å². The van der Waals surface area contributed by atoms with E-state index in [0.717, 1.165) is 38.5 Å². The molecule has 0 heterocycles. The molecule has 0 unspecified atom stereocenters. The summed E-state index contributed by atoms with van der Waals surface area (Å²) >= 11 is 0. The third kappa shape index (κ3) is 39.1. The summed E-state index contributed by atoms with van der Waals surface area (Å²) in [6.45, 7) is 19.3. The first kappa shape index (κ1) is 41.1. The molecule has 0 rings (SSSR count). The topological polar surface area (TPSA) is 52.6 Å². The largest absolute Gasteiger partial charge is 0.466 e. The summed E-state index contributed by atoms with van der Waals surface area (Å²) in [6.07, 6.45) is 25.2. The van der Waals surface area contributed by atoms with Crippen molar-refractivity contribution in [2.45, 2.75) is 197 Å². The van der Waals surface area contributed by atoms with Crippen LogP contribution in [0.4, 0.5) is 0 Å². The highest BCUT2D eigenvalue weighted by atomic mass is 16.5. The molecule has 0 fully saturated rings. The van der Waals surface area contributed by atoms with Gasteiger partial charge in [-0.25, -0.2) is 0 Å². The van der Waals surface area contributed by atoms with E-state index in [1.807, 2.05) is 0 Å². The maximum atomic E-state index is 11.5. The van der Waals surface area contributed by atoms with Gasteiger partial charge in [0.2, 0.25) is 0 Å². The molecule has 0 aromatic heterocycles. The van der Waals surface area contributed by atoms with Crippen LogP contribution in [-0.4, -0.2) is 25.2 Å². The van der Waals surface area contributed by atoms with Crippen LogP contribution in [-0.2, 0) is 19.1 Å². The van der Waals surface area contributed by atoms with E-state index in [0.29, 0.717) is 36.9 Å². The van der Waals surface area contributed by atoms with Crippen molar-refractivity contribution in [3.05, 3.63) is 0 Å². The molecule has 4 heteroatoms. The minimum absolute atomic E-state index is 0.00526. The number of ether oxygens (including phenoxy) is 2. The highest BCUT2D eigenvalue weighted by molar-refractivity contribution is 5.69. The second kappa shape index (κ2) is 28.1. The van der Waals surface area contributed by atoms with Crippen LogP contribution in [0.3, 0.4) is 0 Å². The zero-order valence-electron chi connectivity index (χ0n) is 28.6. The third-order valence-corrected chi connectivity index (χ3v) is 7.14. The van der Waals surface area contributed by atoms with Gasteiger partial charge in [-0.05, 0) is 49.4 Å². The van der Waals surface area contributed by atoms with Crippen LogP contribution in [0.1, 0.15) is 197 Å². The van der Waals surface area contributed by atoms with E-state index in [-0.39, 0.29) is 11.9 Å². The summed E-state index contributed by atoms with van der Waals surface area (Å²) in [5.41, 5.74) is 0.830. The number of esters is 2. The summed E-state index contributed by atoms with van der Waals surface area (Å²) in [5, 5.41) is 0. The van der Waals surface area contributed by atoms with Crippen molar-refractivity contribution in [2.24, 2.45) is 10.8 Å². The second-order valence-electron chi connectivity index (χ2n) is 14.2. The standard InChI is InChI=1S/2C18H36O2/c2*1-5-6-7-8-9-13-16-20-17(19)14-11-10-12-15-18(2,3)4/h2*5-16H2,1-4H3. The summed E-state index contributed by atoms with van der Waals surface area (Å²) in [6, 6.07) is 0. The fraction of sp³-hybridized carbons (Fsp3) is 0.944. The molecule has 0 spiro atoms. The minimum atomic E-state index is -0.00526. The van der Waals surface area contributed by atoms with E-state index in [4.69, 9.17) is 9.47 Å². The van der Waals surface area contributed by atoms with Crippen LogP contribution in [0.5, 0.6) is 0 Å². The van der Waals surface area contributed by atoms with Gasteiger partial charge in [0.25, 0.3) is 0 Å². The number of carbonyl (C=O) groups excluding carboxylic acids is 2. The Morgan fingerprint density at radius 1 is 0.425 bits per heavy atom. The van der Waals surface area contributed by atoms with Crippen molar-refractivity contribution in [2.75, 3.05) is 13.2 Å². The van der Waals surface area contributed by atoms with Gasteiger partial charge in [-0.1, -0.05) is 145 Å². The monoisotopic (exact) mass is 569 g/mol. The van der Waals surface area contributed by atoms with Gasteiger partial charge in [-0.3, -0.25) is 9.59 Å². The Balaban J connectivity index is 0. The van der Waals surface area contributed by atoms with Crippen LogP contribution >= 0.6 is 0 Å². The molecule has 0 saturated heterocycles. The van der Waals surface area contributed by atoms with Gasteiger partial charge in [0.1, 0.15) is 0 Å². The van der Waals surface area contributed by atoms with Crippen molar-refractivity contribution in [3.63, 3.8) is 0 Å². The molecule has 0 aromatic rings. The molecular formula is C36H72O4. The SMILES string of the molecule is CCCCCCCCOC(=O)CCCCCC(C)(C)C.CCCCCCCCOC(=O)CCCCCC(C)(C)C. The minimum Gasteiger partial charge on any atom is -0.466 e. The van der Waals surface area contributed by atoms with Gasteiger partial charge in [0, 0.05) is 12.8 Å². The number of hydrogen-bond donors (Lipinski definition) is 0. The lowest BCUT2D eigenvalue weighted by Gasteiger charge is -2.17. The maximum Gasteiger partial charge on any atom is 0.305 e. The van der Waals surface area contributed by atoms with E-state index in [9.17, 15) is 9.59 Å². The first-order valence-corrected chi connectivity index (χ1v) is 17.2. The highest BCUT2D eigenvalue weighted by Gasteiger charge is 2.10. The Bertz CT molecular complexity index is 506. The quantitative estimate of drug-likeness (QED) is 0.0858. The lowest BCUT2D eigenvalue weighted by atomic mass is 9.89. The van der Waals surface area contributed by atoms with Crippen molar-refractivity contribution in [1.29, 1.82) is 0 Å². The Morgan fingerprint density at radius 3 is 1.05 bits per heavy atom. The van der Waals surface area contributed by atoms with Crippen LogP contribution in [0.15, 0.2) is 0 Å². The van der Waals surface area contributed by atoms with E-state index in [2.05, 4.69) is 55.4 Å². The molecule has 0 saturated carbocycles. The van der Waals surface area contributed by atoms with Crippen molar-refractivity contribution in [1.82, 2.24) is 0 Å². The smallest absolute Gasteiger partial charge is 0.305 e. The zero-order chi connectivity index (χ0) is 30.5. The molecule has 0 N–H and O–H groups in total. The second-order valence-corrected chi connectivity index (χ2v) is 14.2. The first-order valence-electron chi connectivity index (χ1n) is 17.2. The van der Waals surface area contributed by atoms with E-state index in [1.165, 1.54) is 89.9 Å². The average molecular weight is 569 g/mol. The van der Waals surface area contributed by atoms with Crippen LogP contribution < -0.4 is 0 Å². The molecule has 0 amide bonds. The number of unbranched alkanes of at least 4 members (excludes halogenated alkanes) is 14. The Morgan fingerprint density at radius 2 is 0.725 bits per heavy atom.